The number of pyridine rings is 2. The number of hydrogen-bond donors (Lipinski definition) is 1. The van der Waals surface area contributed by atoms with E-state index in [-0.39, 0.29) is 60.3 Å². The predicted octanol–water partition coefficient (Wildman–Crippen LogP) is 4.05. The second-order valence-corrected chi connectivity index (χ2v) is 10.6. The molecular weight excluding hydrogens is 470 g/mol. The minimum Gasteiger partial charge on any atom is -0.496 e. The number of hydrogen-bond acceptors (Lipinski definition) is 7. The highest BCUT2D eigenvalue weighted by Gasteiger charge is 2.47. The van der Waals surface area contributed by atoms with Crippen LogP contribution < -0.4 is 10.3 Å². The number of rotatable bonds is 6. The molecule has 1 aromatic carbocycles. The Kier molecular flexibility index (Phi) is 5.55. The van der Waals surface area contributed by atoms with Crippen molar-refractivity contribution in [2.75, 3.05) is 20.7 Å². The number of aromatic nitrogens is 2. The van der Waals surface area contributed by atoms with Gasteiger partial charge in [0, 0.05) is 28.1 Å². The first kappa shape index (κ1) is 22.9. The Labute approximate surface area is 219 Å². The summed E-state index contributed by atoms with van der Waals surface area (Å²) < 4.78 is 30.8. The van der Waals surface area contributed by atoms with Crippen LogP contribution in [0.2, 0.25) is 0 Å². The monoisotopic (exact) mass is 507 g/mol. The third-order valence-electron chi connectivity index (χ3n) is 7.76. The molecule has 0 saturated heterocycles. The van der Waals surface area contributed by atoms with Crippen molar-refractivity contribution >= 4 is 16.9 Å². The average molecular weight is 508 g/mol. The van der Waals surface area contributed by atoms with E-state index in [2.05, 4.69) is 4.90 Å². The zero-order valence-corrected chi connectivity index (χ0v) is 22.5. The number of nitrogens with zero attached hydrogens (tertiary/aromatic N) is 3. The summed E-state index contributed by atoms with van der Waals surface area (Å²) in [6.45, 7) is 10.3. The number of methoxy groups -OCH3 is 1. The van der Waals surface area contributed by atoms with Gasteiger partial charge in [0.15, 0.2) is 5.60 Å². The molecule has 0 bridgehead atoms. The molecule has 37 heavy (non-hydrogen) atoms. The zero-order chi connectivity index (χ0) is 28.5. The van der Waals surface area contributed by atoms with Crippen LogP contribution in [0.5, 0.6) is 5.75 Å². The fourth-order valence-electron chi connectivity index (χ4n) is 5.68. The van der Waals surface area contributed by atoms with Crippen molar-refractivity contribution in [2.45, 2.75) is 65.8 Å². The largest absolute Gasteiger partial charge is 0.496 e. The molecule has 0 amide bonds. The summed E-state index contributed by atoms with van der Waals surface area (Å²) in [4.78, 5) is 33.5. The van der Waals surface area contributed by atoms with Crippen LogP contribution >= 0.6 is 0 Å². The molecule has 1 N–H and O–H groups in total. The number of carbonyl (C=O) groups excluding carboxylic acids is 1. The Morgan fingerprint density at radius 2 is 2.05 bits per heavy atom. The van der Waals surface area contributed by atoms with E-state index >= 15 is 0 Å². The normalized spacial score (nSPS) is 19.9. The van der Waals surface area contributed by atoms with Crippen molar-refractivity contribution in [3.63, 3.8) is 0 Å². The molecule has 0 spiro atoms. The molecular formula is C29H35N3O5. The number of aliphatic hydroxyl groups is 1. The lowest BCUT2D eigenvalue weighted by Crippen LogP contribution is -2.45. The maximum absolute atomic E-state index is 13.7. The maximum atomic E-state index is 13.7. The quantitative estimate of drug-likeness (QED) is 0.394. The lowest BCUT2D eigenvalue weighted by atomic mass is 9.82. The molecule has 3 aromatic rings. The number of fused-ring (bicyclic) bond motifs is 5. The first-order valence-corrected chi connectivity index (χ1v) is 12.7. The molecule has 2 aliphatic heterocycles. The van der Waals surface area contributed by atoms with Crippen LogP contribution in [-0.4, -0.2) is 46.2 Å². The molecule has 8 nitrogen and oxygen atoms in total. The fourth-order valence-corrected chi connectivity index (χ4v) is 5.68. The second kappa shape index (κ2) is 8.96. The number of ether oxygens (including phenoxy) is 2. The van der Waals surface area contributed by atoms with Gasteiger partial charge in [-0.3, -0.25) is 9.69 Å². The summed E-state index contributed by atoms with van der Waals surface area (Å²) in [5.74, 6) is -0.244. The molecule has 4 heterocycles. The van der Waals surface area contributed by atoms with E-state index in [4.69, 9.17) is 15.8 Å². The summed E-state index contributed by atoms with van der Waals surface area (Å²) in [6.07, 6.45) is 0.103. The SMILES string of the molecule is [2H]c1c(C)c(OC)c(C(C)N(C)CC)c2c([2H])c3c(nc12)-c1cc2c(c(=O)n1C3)COC(=O)[C@]2(O)CC(C)C. The summed E-state index contributed by atoms with van der Waals surface area (Å²) >= 11 is 0. The molecule has 1 unspecified atom stereocenters. The van der Waals surface area contributed by atoms with E-state index in [0.29, 0.717) is 39.2 Å². The predicted molar refractivity (Wildman–Crippen MR) is 142 cm³/mol. The van der Waals surface area contributed by atoms with Gasteiger partial charge in [-0.1, -0.05) is 20.8 Å². The Morgan fingerprint density at radius 3 is 2.70 bits per heavy atom. The van der Waals surface area contributed by atoms with Crippen LogP contribution in [0.25, 0.3) is 22.3 Å². The van der Waals surface area contributed by atoms with Crippen LogP contribution in [-0.2, 0) is 28.3 Å². The maximum Gasteiger partial charge on any atom is 0.343 e. The Hall–Kier alpha value is -3.23. The highest BCUT2D eigenvalue weighted by atomic mass is 16.6. The number of carbonyl (C=O) groups is 1. The van der Waals surface area contributed by atoms with Crippen LogP contribution in [0, 0.1) is 12.8 Å². The van der Waals surface area contributed by atoms with Gasteiger partial charge in [0.25, 0.3) is 5.56 Å². The molecule has 5 rings (SSSR count). The van der Waals surface area contributed by atoms with Crippen molar-refractivity contribution in [1.82, 2.24) is 14.5 Å². The molecule has 196 valence electrons. The number of benzene rings is 1. The van der Waals surface area contributed by atoms with Gasteiger partial charge >= 0.3 is 5.97 Å². The third kappa shape index (κ3) is 3.77. The van der Waals surface area contributed by atoms with Crippen LogP contribution in [0.4, 0.5) is 0 Å². The van der Waals surface area contributed by atoms with Crippen molar-refractivity contribution in [1.29, 1.82) is 0 Å². The van der Waals surface area contributed by atoms with Crippen LogP contribution in [0.1, 0.15) is 70.7 Å². The zero-order valence-electron chi connectivity index (χ0n) is 24.5. The molecule has 0 fully saturated rings. The molecule has 0 saturated carbocycles. The first-order chi connectivity index (χ1) is 18.4. The van der Waals surface area contributed by atoms with Crippen LogP contribution in [0.15, 0.2) is 22.9 Å². The van der Waals surface area contributed by atoms with Crippen molar-refractivity contribution in [3.8, 4) is 17.1 Å². The minimum absolute atomic E-state index is 0.0378. The van der Waals surface area contributed by atoms with E-state index in [1.54, 1.807) is 13.2 Å². The highest BCUT2D eigenvalue weighted by Crippen LogP contribution is 2.43. The van der Waals surface area contributed by atoms with Gasteiger partial charge in [0.2, 0.25) is 0 Å². The van der Waals surface area contributed by atoms with Crippen molar-refractivity contribution < 1.29 is 22.1 Å². The lowest BCUT2D eigenvalue weighted by Gasteiger charge is -2.33. The van der Waals surface area contributed by atoms with E-state index in [0.717, 1.165) is 12.1 Å². The minimum atomic E-state index is -1.95. The molecule has 0 aliphatic carbocycles. The molecule has 8 heteroatoms. The van der Waals surface area contributed by atoms with Gasteiger partial charge in [-0.05, 0) is 63.5 Å². The summed E-state index contributed by atoms with van der Waals surface area (Å²) in [7, 11) is 3.56. The molecule has 2 atom stereocenters. The third-order valence-corrected chi connectivity index (χ3v) is 7.76. The molecule has 0 radical (unpaired) electrons. The van der Waals surface area contributed by atoms with E-state index in [1.165, 1.54) is 4.57 Å². The first-order valence-electron chi connectivity index (χ1n) is 13.7. The average Bonchev–Trinajstić information content (AvgIpc) is 3.27. The molecule has 2 aromatic heterocycles. The number of cyclic esters (lactones) is 1. The van der Waals surface area contributed by atoms with Gasteiger partial charge in [-0.2, -0.15) is 0 Å². The summed E-state index contributed by atoms with van der Waals surface area (Å²) in [5.41, 5.74) is 1.32. The van der Waals surface area contributed by atoms with Gasteiger partial charge in [0.05, 0.1) is 38.9 Å². The standard InChI is InChI=1S/C29H35N3O5/c1-8-31(6)17(5)24-19-10-18-13-32-23(25(18)30-22(19)9-16(4)26(24)36-7)11-21-20(27(32)33)14-37-28(34)29(21,35)12-15(2)3/h9-11,15,17,35H,8,12-14H2,1-7H3/t17?,29-/m0/s1/i9D,10D. The van der Waals surface area contributed by atoms with E-state index in [9.17, 15) is 16.1 Å². The van der Waals surface area contributed by atoms with Gasteiger partial charge in [-0.25, -0.2) is 9.78 Å². The van der Waals surface area contributed by atoms with Gasteiger partial charge < -0.3 is 19.1 Å². The highest BCUT2D eigenvalue weighted by molar-refractivity contribution is 5.90. The van der Waals surface area contributed by atoms with Crippen LogP contribution in [0.3, 0.4) is 0 Å². The van der Waals surface area contributed by atoms with Crippen molar-refractivity contribution in [3.05, 3.63) is 56.3 Å². The smallest absolute Gasteiger partial charge is 0.343 e. The van der Waals surface area contributed by atoms with E-state index in [1.807, 2.05) is 41.7 Å². The molecule has 2 aliphatic rings. The number of esters is 1. The topological polar surface area (TPSA) is 93.9 Å². The van der Waals surface area contributed by atoms with Crippen molar-refractivity contribution in [2.24, 2.45) is 5.92 Å². The lowest BCUT2D eigenvalue weighted by molar-refractivity contribution is -0.174. The van der Waals surface area contributed by atoms with E-state index < -0.39 is 11.6 Å². The Bertz CT molecular complexity index is 1600. The Morgan fingerprint density at radius 1 is 1.32 bits per heavy atom. The van der Waals surface area contributed by atoms with Gasteiger partial charge in [-0.15, -0.1) is 0 Å². The van der Waals surface area contributed by atoms with Gasteiger partial charge in [0.1, 0.15) is 12.4 Å². The second-order valence-electron chi connectivity index (χ2n) is 10.6. The fraction of sp³-hybridized carbons (Fsp3) is 0.483. The Balaban J connectivity index is 1.84. The summed E-state index contributed by atoms with van der Waals surface area (Å²) in [5, 5.41) is 12.0. The summed E-state index contributed by atoms with van der Waals surface area (Å²) in [6, 6.07) is 1.88.